The molecule has 1 aromatic heterocycles. The molecule has 2 aliphatic rings. The van der Waals surface area contributed by atoms with Crippen LogP contribution in [-0.2, 0) is 4.79 Å². The molecular formula is C19H21N3O3S. The number of anilines is 1. The minimum absolute atomic E-state index is 0.254. The van der Waals surface area contributed by atoms with E-state index >= 15 is 0 Å². The Kier molecular flexibility index (Phi) is 4.55. The lowest BCUT2D eigenvalue weighted by Crippen LogP contribution is -2.39. The van der Waals surface area contributed by atoms with Gasteiger partial charge in [-0.05, 0) is 42.3 Å². The highest BCUT2D eigenvalue weighted by atomic mass is 32.1. The monoisotopic (exact) mass is 371 g/mol. The number of carbonyl (C=O) groups excluding carboxylic acids is 2. The Labute approximate surface area is 156 Å². The van der Waals surface area contributed by atoms with Crippen molar-refractivity contribution in [2.75, 3.05) is 37.7 Å². The van der Waals surface area contributed by atoms with Crippen molar-refractivity contribution in [2.45, 2.75) is 12.8 Å². The number of nitrogens with two attached hydrogens (primary N) is 1. The van der Waals surface area contributed by atoms with Gasteiger partial charge in [-0.15, -0.1) is 11.3 Å². The Morgan fingerprint density at radius 1 is 1.15 bits per heavy atom. The molecule has 0 saturated carbocycles. The van der Waals surface area contributed by atoms with Gasteiger partial charge >= 0.3 is 0 Å². The Balaban J connectivity index is 1.55. The van der Waals surface area contributed by atoms with Gasteiger partial charge in [-0.25, -0.2) is 0 Å². The molecule has 3 heterocycles. The standard InChI is InChI=1S/C19H21N3O3S/c20-19(24)17-6-5-16(26-17)13-3-4-15-14(12-13)21(10-11-25-15)8-9-22-7-1-2-18(22)23/h3-6,12H,1-2,7-11H2,(H2,20,24). The van der Waals surface area contributed by atoms with E-state index in [-0.39, 0.29) is 5.91 Å². The highest BCUT2D eigenvalue weighted by Gasteiger charge is 2.23. The first-order valence-electron chi connectivity index (χ1n) is 8.81. The van der Waals surface area contributed by atoms with Gasteiger partial charge in [0.2, 0.25) is 5.91 Å². The maximum atomic E-state index is 11.8. The van der Waals surface area contributed by atoms with Crippen LogP contribution >= 0.6 is 11.3 Å². The highest BCUT2D eigenvalue weighted by Crippen LogP contribution is 2.37. The van der Waals surface area contributed by atoms with Crippen LogP contribution in [0.4, 0.5) is 5.69 Å². The molecule has 0 aliphatic carbocycles. The average Bonchev–Trinajstić information content (AvgIpc) is 3.29. The van der Waals surface area contributed by atoms with Crippen LogP contribution < -0.4 is 15.4 Å². The summed E-state index contributed by atoms with van der Waals surface area (Å²) in [5.74, 6) is 0.712. The van der Waals surface area contributed by atoms with Crippen LogP contribution in [0, 0.1) is 0 Å². The number of rotatable bonds is 5. The molecule has 2 amide bonds. The topological polar surface area (TPSA) is 75.9 Å². The third-order valence-corrected chi connectivity index (χ3v) is 6.01. The van der Waals surface area contributed by atoms with Crippen molar-refractivity contribution in [1.82, 2.24) is 4.90 Å². The zero-order chi connectivity index (χ0) is 18.1. The van der Waals surface area contributed by atoms with E-state index in [0.29, 0.717) is 17.9 Å². The highest BCUT2D eigenvalue weighted by molar-refractivity contribution is 7.17. The van der Waals surface area contributed by atoms with E-state index in [1.807, 2.05) is 23.1 Å². The fraction of sp³-hybridized carbons (Fsp3) is 0.368. The molecular weight excluding hydrogens is 350 g/mol. The van der Waals surface area contributed by atoms with Crippen molar-refractivity contribution in [3.05, 3.63) is 35.2 Å². The number of amides is 2. The van der Waals surface area contributed by atoms with Gasteiger partial charge in [0, 0.05) is 30.9 Å². The Morgan fingerprint density at radius 3 is 2.73 bits per heavy atom. The number of hydrogen-bond acceptors (Lipinski definition) is 5. The van der Waals surface area contributed by atoms with Crippen molar-refractivity contribution in [1.29, 1.82) is 0 Å². The zero-order valence-corrected chi connectivity index (χ0v) is 15.3. The van der Waals surface area contributed by atoms with E-state index < -0.39 is 5.91 Å². The normalized spacial score (nSPS) is 16.5. The Hall–Kier alpha value is -2.54. The van der Waals surface area contributed by atoms with Crippen LogP contribution in [0.2, 0.25) is 0 Å². The minimum Gasteiger partial charge on any atom is -0.490 e. The number of nitrogens with zero attached hydrogens (tertiary/aromatic N) is 2. The molecule has 0 spiro atoms. The summed E-state index contributed by atoms with van der Waals surface area (Å²) in [6, 6.07) is 9.75. The lowest BCUT2D eigenvalue weighted by molar-refractivity contribution is -0.127. The maximum absolute atomic E-state index is 11.8. The van der Waals surface area contributed by atoms with Crippen molar-refractivity contribution >= 4 is 28.8 Å². The number of fused-ring (bicyclic) bond motifs is 1. The Bertz CT molecular complexity index is 848. The van der Waals surface area contributed by atoms with Gasteiger partial charge < -0.3 is 20.3 Å². The van der Waals surface area contributed by atoms with Crippen LogP contribution in [0.15, 0.2) is 30.3 Å². The van der Waals surface area contributed by atoms with Gasteiger partial charge in [0.05, 0.1) is 17.1 Å². The van der Waals surface area contributed by atoms with Gasteiger partial charge in [0.15, 0.2) is 0 Å². The van der Waals surface area contributed by atoms with Crippen LogP contribution in [0.5, 0.6) is 5.75 Å². The molecule has 7 heteroatoms. The van der Waals surface area contributed by atoms with E-state index in [1.54, 1.807) is 6.07 Å². The first kappa shape index (κ1) is 16.9. The molecule has 1 aromatic carbocycles. The Morgan fingerprint density at radius 2 is 2.00 bits per heavy atom. The number of ether oxygens (including phenoxy) is 1. The van der Waals surface area contributed by atoms with Gasteiger partial charge in [-0.2, -0.15) is 0 Å². The quantitative estimate of drug-likeness (QED) is 0.875. The summed E-state index contributed by atoms with van der Waals surface area (Å²) < 4.78 is 5.79. The van der Waals surface area contributed by atoms with E-state index in [1.165, 1.54) is 11.3 Å². The summed E-state index contributed by atoms with van der Waals surface area (Å²) in [5, 5.41) is 0. The van der Waals surface area contributed by atoms with Gasteiger partial charge in [0.1, 0.15) is 12.4 Å². The van der Waals surface area contributed by atoms with E-state index in [4.69, 9.17) is 10.5 Å². The molecule has 0 atom stereocenters. The number of likely N-dealkylation sites (tertiary alicyclic amines) is 1. The third kappa shape index (κ3) is 3.26. The fourth-order valence-electron chi connectivity index (χ4n) is 3.47. The number of thiophene rings is 1. The fourth-order valence-corrected chi connectivity index (χ4v) is 4.32. The first-order chi connectivity index (χ1) is 12.6. The average molecular weight is 371 g/mol. The summed E-state index contributed by atoms with van der Waals surface area (Å²) in [6.45, 7) is 3.84. The predicted molar refractivity (Wildman–Crippen MR) is 102 cm³/mol. The maximum Gasteiger partial charge on any atom is 0.258 e. The van der Waals surface area contributed by atoms with Crippen molar-refractivity contribution < 1.29 is 14.3 Å². The number of hydrogen-bond donors (Lipinski definition) is 1. The van der Waals surface area contributed by atoms with E-state index in [9.17, 15) is 9.59 Å². The lowest BCUT2D eigenvalue weighted by Gasteiger charge is -2.33. The second-order valence-corrected chi connectivity index (χ2v) is 7.61. The van der Waals surface area contributed by atoms with E-state index in [2.05, 4.69) is 11.0 Å². The third-order valence-electron chi connectivity index (χ3n) is 4.86. The lowest BCUT2D eigenvalue weighted by atomic mass is 10.1. The number of carbonyl (C=O) groups is 2. The molecule has 0 radical (unpaired) electrons. The van der Waals surface area contributed by atoms with Crippen molar-refractivity contribution in [3.8, 4) is 16.2 Å². The molecule has 136 valence electrons. The van der Waals surface area contributed by atoms with Crippen LogP contribution in [0.3, 0.4) is 0 Å². The molecule has 0 bridgehead atoms. The van der Waals surface area contributed by atoms with Crippen molar-refractivity contribution in [3.63, 3.8) is 0 Å². The summed E-state index contributed by atoms with van der Waals surface area (Å²) in [4.78, 5) is 28.9. The molecule has 6 nitrogen and oxygen atoms in total. The molecule has 1 fully saturated rings. The zero-order valence-electron chi connectivity index (χ0n) is 14.4. The molecule has 2 aromatic rings. The molecule has 2 N–H and O–H groups in total. The smallest absolute Gasteiger partial charge is 0.258 e. The number of benzene rings is 1. The molecule has 0 unspecified atom stereocenters. The van der Waals surface area contributed by atoms with Crippen molar-refractivity contribution in [2.24, 2.45) is 5.73 Å². The van der Waals surface area contributed by atoms with Gasteiger partial charge in [-0.3, -0.25) is 9.59 Å². The van der Waals surface area contributed by atoms with Gasteiger partial charge in [0.25, 0.3) is 5.91 Å². The van der Waals surface area contributed by atoms with Gasteiger partial charge in [-0.1, -0.05) is 0 Å². The molecule has 2 aliphatic heterocycles. The summed E-state index contributed by atoms with van der Waals surface area (Å²) in [6.07, 6.45) is 1.63. The first-order valence-corrected chi connectivity index (χ1v) is 9.63. The second-order valence-electron chi connectivity index (χ2n) is 6.53. The largest absolute Gasteiger partial charge is 0.490 e. The predicted octanol–water partition coefficient (Wildman–Crippen LogP) is 2.34. The summed E-state index contributed by atoms with van der Waals surface area (Å²) >= 11 is 1.39. The SMILES string of the molecule is NC(=O)c1ccc(-c2ccc3c(c2)N(CCN2CCCC2=O)CCO3)s1. The van der Waals surface area contributed by atoms with Crippen LogP contribution in [-0.4, -0.2) is 49.5 Å². The van der Waals surface area contributed by atoms with E-state index in [0.717, 1.165) is 54.5 Å². The second kappa shape index (κ2) is 6.99. The summed E-state index contributed by atoms with van der Waals surface area (Å²) in [5.41, 5.74) is 7.43. The molecule has 4 rings (SSSR count). The minimum atomic E-state index is -0.403. The number of primary amides is 1. The van der Waals surface area contributed by atoms with Crippen LogP contribution in [0.1, 0.15) is 22.5 Å². The molecule has 1 saturated heterocycles. The summed E-state index contributed by atoms with van der Waals surface area (Å²) in [7, 11) is 0. The van der Waals surface area contributed by atoms with Crippen LogP contribution in [0.25, 0.3) is 10.4 Å². The molecule has 26 heavy (non-hydrogen) atoms.